The fraction of sp³-hybridized carbons (Fsp3) is 0.400. The Kier molecular flexibility index (Phi) is 4.48. The van der Waals surface area contributed by atoms with Gasteiger partial charge in [0.2, 0.25) is 0 Å². The highest BCUT2D eigenvalue weighted by Gasteiger charge is 2.22. The Balaban J connectivity index is 1.93. The molecule has 2 aliphatic rings. The molecular weight excluding hydrogens is 332 g/mol. The van der Waals surface area contributed by atoms with Crippen LogP contribution in [0.1, 0.15) is 18.9 Å². The second-order valence-corrected chi connectivity index (χ2v) is 7.48. The van der Waals surface area contributed by atoms with E-state index in [-0.39, 0.29) is 0 Å². The minimum absolute atomic E-state index is 0.430. The Morgan fingerprint density at radius 3 is 2.76 bits per heavy atom. The Hall–Kier alpha value is -1.91. The van der Waals surface area contributed by atoms with Gasteiger partial charge in [0, 0.05) is 48.4 Å². The molecule has 1 fully saturated rings. The van der Waals surface area contributed by atoms with Crippen molar-refractivity contribution in [3.05, 3.63) is 34.9 Å². The lowest BCUT2D eigenvalue weighted by Crippen LogP contribution is -2.44. The van der Waals surface area contributed by atoms with Gasteiger partial charge in [-0.2, -0.15) is 0 Å². The minimum atomic E-state index is 0.430. The number of anilines is 1. The van der Waals surface area contributed by atoms with Crippen LogP contribution >= 0.6 is 11.6 Å². The highest BCUT2D eigenvalue weighted by molar-refractivity contribution is 6.31. The molecule has 0 aliphatic carbocycles. The Morgan fingerprint density at radius 1 is 1.16 bits per heavy atom. The van der Waals surface area contributed by atoms with Gasteiger partial charge in [0.15, 0.2) is 5.82 Å². The van der Waals surface area contributed by atoms with Crippen LogP contribution < -0.4 is 4.90 Å². The third kappa shape index (κ3) is 3.29. The lowest BCUT2D eigenvalue weighted by molar-refractivity contribution is 0.312. The number of fused-ring (bicyclic) bond motifs is 3. The number of likely N-dealkylation sites (N-methyl/N-ethyl adjacent to an activating group) is 1. The molecule has 0 saturated carbocycles. The molecule has 2 aliphatic heterocycles. The monoisotopic (exact) mass is 354 g/mol. The number of hydrogen-bond acceptors (Lipinski definition) is 4. The van der Waals surface area contributed by atoms with Gasteiger partial charge in [0.25, 0.3) is 0 Å². The number of rotatable bonds is 1. The van der Waals surface area contributed by atoms with Crippen LogP contribution in [0.2, 0.25) is 5.02 Å². The van der Waals surface area contributed by atoms with E-state index in [1.165, 1.54) is 0 Å². The zero-order chi connectivity index (χ0) is 17.4. The minimum Gasteiger partial charge on any atom is -0.352 e. The van der Waals surface area contributed by atoms with Crippen LogP contribution in [0, 0.1) is 5.92 Å². The number of nitrogens with zero attached hydrogens (tertiary/aromatic N) is 4. The fourth-order valence-corrected chi connectivity index (χ4v) is 3.61. The molecule has 4 nitrogen and oxygen atoms in total. The summed E-state index contributed by atoms with van der Waals surface area (Å²) in [5.74, 6) is 1.42. The molecule has 1 saturated heterocycles. The van der Waals surface area contributed by atoms with Crippen molar-refractivity contribution in [3.63, 3.8) is 0 Å². The van der Waals surface area contributed by atoms with Gasteiger partial charge in [0.1, 0.15) is 5.69 Å². The molecule has 0 amide bonds. The first-order valence-corrected chi connectivity index (χ1v) is 9.27. The number of allylic oxidation sites excluding steroid dienone is 1. The Morgan fingerprint density at radius 2 is 1.96 bits per heavy atom. The third-order valence-corrected chi connectivity index (χ3v) is 5.23. The maximum absolute atomic E-state index is 6.26. The van der Waals surface area contributed by atoms with Gasteiger partial charge >= 0.3 is 0 Å². The van der Waals surface area contributed by atoms with Gasteiger partial charge in [-0.15, -0.1) is 0 Å². The molecule has 0 radical (unpaired) electrons. The van der Waals surface area contributed by atoms with Gasteiger partial charge in [0.05, 0.1) is 5.52 Å². The van der Waals surface area contributed by atoms with E-state index in [0.29, 0.717) is 5.92 Å². The van der Waals surface area contributed by atoms with Crippen molar-refractivity contribution in [1.29, 1.82) is 0 Å². The van der Waals surface area contributed by atoms with Crippen molar-refractivity contribution in [2.24, 2.45) is 10.9 Å². The summed E-state index contributed by atoms with van der Waals surface area (Å²) in [5.41, 5.74) is 3.08. The molecule has 1 aromatic heterocycles. The fourth-order valence-electron chi connectivity index (χ4n) is 3.43. The second kappa shape index (κ2) is 6.77. The average molecular weight is 355 g/mol. The first kappa shape index (κ1) is 16.6. The SMILES string of the molecule is CC1C=Nc2c(N3CCN(C)CC3)nc3ccc(Cl)cc3c2C=CC1. The summed E-state index contributed by atoms with van der Waals surface area (Å²) in [7, 11) is 2.17. The van der Waals surface area contributed by atoms with Crippen molar-refractivity contribution >= 4 is 46.3 Å². The third-order valence-electron chi connectivity index (χ3n) is 5.00. The smallest absolute Gasteiger partial charge is 0.155 e. The quantitative estimate of drug-likeness (QED) is 0.761. The topological polar surface area (TPSA) is 31.7 Å². The summed E-state index contributed by atoms with van der Waals surface area (Å²) in [6.45, 7) is 6.24. The molecule has 4 rings (SSSR count). The van der Waals surface area contributed by atoms with Crippen molar-refractivity contribution in [3.8, 4) is 0 Å². The zero-order valence-electron chi connectivity index (χ0n) is 14.7. The van der Waals surface area contributed by atoms with Crippen molar-refractivity contribution in [2.75, 3.05) is 38.1 Å². The van der Waals surface area contributed by atoms with Crippen LogP contribution in [-0.4, -0.2) is 49.3 Å². The molecule has 0 bridgehead atoms. The van der Waals surface area contributed by atoms with E-state index in [1.54, 1.807) is 0 Å². The van der Waals surface area contributed by atoms with Crippen molar-refractivity contribution in [2.45, 2.75) is 13.3 Å². The molecule has 5 heteroatoms. The van der Waals surface area contributed by atoms with Crippen molar-refractivity contribution < 1.29 is 0 Å². The lowest BCUT2D eigenvalue weighted by Gasteiger charge is -2.34. The van der Waals surface area contributed by atoms with E-state index in [1.807, 2.05) is 18.2 Å². The molecule has 2 aromatic rings. The molecule has 25 heavy (non-hydrogen) atoms. The molecular formula is C20H23ClN4. The number of piperazine rings is 1. The predicted molar refractivity (Wildman–Crippen MR) is 107 cm³/mol. The van der Waals surface area contributed by atoms with Crippen LogP contribution in [0.5, 0.6) is 0 Å². The molecule has 3 heterocycles. The molecule has 1 aromatic carbocycles. The maximum atomic E-state index is 6.26. The van der Waals surface area contributed by atoms with Crippen LogP contribution in [0.15, 0.2) is 29.3 Å². The van der Waals surface area contributed by atoms with E-state index < -0.39 is 0 Å². The van der Waals surface area contributed by atoms with Crippen LogP contribution in [0.4, 0.5) is 11.5 Å². The first-order chi connectivity index (χ1) is 12.1. The summed E-state index contributed by atoms with van der Waals surface area (Å²) in [6.07, 6.45) is 7.49. The van der Waals surface area contributed by atoms with Gasteiger partial charge in [-0.1, -0.05) is 30.7 Å². The maximum Gasteiger partial charge on any atom is 0.155 e. The summed E-state index contributed by atoms with van der Waals surface area (Å²) in [4.78, 5) is 14.6. The van der Waals surface area contributed by atoms with Crippen molar-refractivity contribution in [1.82, 2.24) is 9.88 Å². The first-order valence-electron chi connectivity index (χ1n) is 8.89. The van der Waals surface area contributed by atoms with E-state index in [0.717, 1.165) is 65.6 Å². The summed E-state index contributed by atoms with van der Waals surface area (Å²) in [6, 6.07) is 5.92. The number of benzene rings is 1. The van der Waals surface area contributed by atoms with Gasteiger partial charge in [-0.25, -0.2) is 4.98 Å². The van der Waals surface area contributed by atoms with E-state index >= 15 is 0 Å². The summed E-state index contributed by atoms with van der Waals surface area (Å²) < 4.78 is 0. The van der Waals surface area contributed by atoms with Gasteiger partial charge in [-0.05, 0) is 37.6 Å². The number of halogens is 1. The molecule has 1 atom stereocenters. The highest BCUT2D eigenvalue weighted by Crippen LogP contribution is 2.39. The van der Waals surface area contributed by atoms with E-state index in [9.17, 15) is 0 Å². The second-order valence-electron chi connectivity index (χ2n) is 7.04. The Bertz CT molecular complexity index is 850. The summed E-state index contributed by atoms with van der Waals surface area (Å²) >= 11 is 6.26. The zero-order valence-corrected chi connectivity index (χ0v) is 15.5. The van der Waals surface area contributed by atoms with E-state index in [2.05, 4.69) is 42.1 Å². The molecule has 1 unspecified atom stereocenters. The Labute approximate surface area is 153 Å². The highest BCUT2D eigenvalue weighted by atomic mass is 35.5. The number of aliphatic imine (C=N–C) groups is 1. The molecule has 0 N–H and O–H groups in total. The van der Waals surface area contributed by atoms with Gasteiger partial charge < -0.3 is 9.80 Å². The summed E-state index contributed by atoms with van der Waals surface area (Å²) in [5, 5.41) is 1.81. The predicted octanol–water partition coefficient (Wildman–Crippen LogP) is 4.40. The standard InChI is InChI=1S/C20H23ClN4/c1-14-4-3-5-16-17-12-15(21)6-7-18(17)23-20(19(16)22-13-14)25-10-8-24(2)9-11-25/h3,5-7,12-14H,4,8-11H2,1-2H3. The number of pyridine rings is 1. The largest absolute Gasteiger partial charge is 0.352 e. The molecule has 0 spiro atoms. The van der Waals surface area contributed by atoms with Crippen LogP contribution in [0.25, 0.3) is 17.0 Å². The lowest BCUT2D eigenvalue weighted by atomic mass is 10.0. The average Bonchev–Trinajstić information content (AvgIpc) is 2.59. The molecule has 130 valence electrons. The van der Waals surface area contributed by atoms with Crippen LogP contribution in [-0.2, 0) is 0 Å². The van der Waals surface area contributed by atoms with E-state index in [4.69, 9.17) is 21.6 Å². The number of aromatic nitrogens is 1. The van der Waals surface area contributed by atoms with Gasteiger partial charge in [-0.3, -0.25) is 4.99 Å². The number of hydrogen-bond donors (Lipinski definition) is 0. The van der Waals surface area contributed by atoms with Crippen LogP contribution in [0.3, 0.4) is 0 Å². The normalized spacial score (nSPS) is 21.2.